The number of aromatic nitrogens is 5. The van der Waals surface area contributed by atoms with Crippen LogP contribution in [0.4, 0.5) is 5.82 Å². The Balaban J connectivity index is 0.811. The van der Waals surface area contributed by atoms with Crippen LogP contribution in [0.15, 0.2) is 83.8 Å². The number of benzene rings is 3. The third-order valence-electron chi connectivity index (χ3n) is 10.6. The molecule has 20 heteroatoms. The molecule has 4 heterocycles. The van der Waals surface area contributed by atoms with E-state index in [9.17, 15) is 9.59 Å². The second kappa shape index (κ2) is 21.9. The number of halogens is 2. The first-order chi connectivity index (χ1) is 31.4. The normalized spacial score (nSPS) is 14.6. The van der Waals surface area contributed by atoms with Gasteiger partial charge in [0.2, 0.25) is 5.91 Å². The highest BCUT2D eigenvalue weighted by Crippen LogP contribution is 2.44. The Morgan fingerprint density at radius 3 is 2.45 bits per heavy atom. The highest BCUT2D eigenvalue weighted by Gasteiger charge is 2.46. The topological polar surface area (TPSA) is 227 Å². The van der Waals surface area contributed by atoms with E-state index in [1.807, 2.05) is 53.4 Å². The number of hydrogen-bond donors (Lipinski definition) is 5. The maximum atomic E-state index is 13.7. The fourth-order valence-corrected chi connectivity index (χ4v) is 8.28. The van der Waals surface area contributed by atoms with Crippen molar-refractivity contribution < 1.29 is 23.8 Å². The number of rotatable bonds is 18. The van der Waals surface area contributed by atoms with Gasteiger partial charge >= 0.3 is 0 Å². The number of fused-ring (bicyclic) bond motifs is 2. The van der Waals surface area contributed by atoms with Gasteiger partial charge < -0.3 is 46.2 Å². The first-order valence-electron chi connectivity index (χ1n) is 21.2. The molecule has 17 nitrogen and oxygen atoms in total. The molecule has 2 amide bonds. The van der Waals surface area contributed by atoms with E-state index in [2.05, 4.69) is 51.6 Å². The number of carbonyl (C=O) groups excluding carboxylic acids is 2. The quantitative estimate of drug-likeness (QED) is 0.0200. The summed E-state index contributed by atoms with van der Waals surface area (Å²) in [5.41, 5.74) is 16.2. The molecule has 1 unspecified atom stereocenters. The van der Waals surface area contributed by atoms with Crippen molar-refractivity contribution in [2.75, 3.05) is 63.6 Å². The maximum absolute atomic E-state index is 13.7. The Morgan fingerprint density at radius 1 is 1.00 bits per heavy atom. The van der Waals surface area contributed by atoms with Gasteiger partial charge in [0.1, 0.15) is 0 Å². The number of piperidine rings is 1. The Hall–Kier alpha value is -5.81. The third kappa shape index (κ3) is 12.5. The number of likely N-dealkylation sites (tertiary alicyclic amines) is 1. The van der Waals surface area contributed by atoms with Gasteiger partial charge in [-0.1, -0.05) is 84.2 Å². The standard InChI is InChI=1S/C45H52Cl2N12O5S/c1-29(2)39(32-7-11-34(47)12-8-32)43(61)57-20-15-45(16-21-57)63-36-13-5-30(25-37(36)64-45)6-14-38(60)51-19-23-62-24-22-58(50)27-35(49)28-65-44-53-41(52-18-17-48)40-42(54-44)59(56-55-40)26-31-3-9-33(46)10-4-31/h3-5,7-13,25,27,29,39H,15-24,26,28,48-50H2,1-2H3,(H,51,60)(H,52,53,54)/b35-27-. The summed E-state index contributed by atoms with van der Waals surface area (Å²) in [6, 6.07) is 20.3. The van der Waals surface area contributed by atoms with E-state index in [1.54, 1.807) is 29.1 Å². The Labute approximate surface area is 391 Å². The lowest BCUT2D eigenvalue weighted by Crippen LogP contribution is -2.52. The molecular weight excluding hydrogens is 892 g/mol. The molecule has 1 atom stereocenters. The van der Waals surface area contributed by atoms with Crippen molar-refractivity contribution in [1.82, 2.24) is 40.2 Å². The van der Waals surface area contributed by atoms with Gasteiger partial charge in [-0.2, -0.15) is 0 Å². The van der Waals surface area contributed by atoms with Crippen molar-refractivity contribution in [1.29, 1.82) is 0 Å². The molecule has 2 aliphatic heterocycles. The van der Waals surface area contributed by atoms with Gasteiger partial charge in [0.15, 0.2) is 33.6 Å². The molecule has 0 bridgehead atoms. The van der Waals surface area contributed by atoms with Crippen LogP contribution in [-0.2, 0) is 20.9 Å². The van der Waals surface area contributed by atoms with E-state index in [1.165, 1.54) is 16.8 Å². The molecule has 1 fully saturated rings. The van der Waals surface area contributed by atoms with E-state index < -0.39 is 11.7 Å². The summed E-state index contributed by atoms with van der Waals surface area (Å²) in [5, 5.41) is 17.8. The number of nitrogens with zero attached hydrogens (tertiary/aromatic N) is 7. The van der Waals surface area contributed by atoms with Gasteiger partial charge in [-0.25, -0.2) is 20.5 Å². The Bertz CT molecular complexity index is 2540. The molecule has 2 aliphatic rings. The molecular formula is C45H52Cl2N12O5S. The van der Waals surface area contributed by atoms with Gasteiger partial charge in [-0.15, -0.1) is 5.10 Å². The molecule has 2 aromatic heterocycles. The van der Waals surface area contributed by atoms with Crippen molar-refractivity contribution in [2.24, 2.45) is 23.2 Å². The highest BCUT2D eigenvalue weighted by atomic mass is 35.5. The van der Waals surface area contributed by atoms with Gasteiger partial charge in [-0.05, 0) is 59.5 Å². The summed E-state index contributed by atoms with van der Waals surface area (Å²) < 4.78 is 20.0. The van der Waals surface area contributed by atoms with E-state index in [4.69, 9.17) is 59.7 Å². The number of hydrazine groups is 1. The van der Waals surface area contributed by atoms with Crippen molar-refractivity contribution >= 4 is 63.8 Å². The monoisotopic (exact) mass is 942 g/mol. The van der Waals surface area contributed by atoms with Crippen LogP contribution >= 0.6 is 35.0 Å². The number of thioether (sulfide) groups is 1. The predicted molar refractivity (Wildman–Crippen MR) is 251 cm³/mol. The molecule has 0 radical (unpaired) electrons. The largest absolute Gasteiger partial charge is 0.448 e. The zero-order valence-corrected chi connectivity index (χ0v) is 38.5. The minimum absolute atomic E-state index is 0.0851. The van der Waals surface area contributed by atoms with Crippen LogP contribution in [0, 0.1) is 17.8 Å². The molecule has 1 saturated heterocycles. The number of carbonyl (C=O) groups is 2. The molecule has 65 heavy (non-hydrogen) atoms. The number of hydrogen-bond acceptors (Lipinski definition) is 15. The molecule has 7 rings (SSSR count). The summed E-state index contributed by atoms with van der Waals surface area (Å²) in [6.07, 6.45) is 2.66. The van der Waals surface area contributed by atoms with Crippen LogP contribution in [0.2, 0.25) is 10.0 Å². The fraction of sp³-hybridized carbons (Fsp3) is 0.378. The van der Waals surface area contributed by atoms with E-state index in [0.29, 0.717) is 119 Å². The number of nitrogens with two attached hydrogens (primary N) is 3. The first-order valence-corrected chi connectivity index (χ1v) is 23.0. The van der Waals surface area contributed by atoms with Gasteiger partial charge in [0.25, 0.3) is 11.7 Å². The lowest BCUT2D eigenvalue weighted by molar-refractivity contribution is -0.148. The van der Waals surface area contributed by atoms with Crippen LogP contribution in [0.3, 0.4) is 0 Å². The highest BCUT2D eigenvalue weighted by molar-refractivity contribution is 7.99. The number of amides is 2. The number of ether oxygens (including phenoxy) is 3. The first kappa shape index (κ1) is 47.2. The third-order valence-corrected chi connectivity index (χ3v) is 12.0. The predicted octanol–water partition coefficient (Wildman–Crippen LogP) is 4.73. The maximum Gasteiger partial charge on any atom is 0.296 e. The smallest absolute Gasteiger partial charge is 0.296 e. The van der Waals surface area contributed by atoms with E-state index in [0.717, 1.165) is 11.1 Å². The molecule has 0 saturated carbocycles. The van der Waals surface area contributed by atoms with Crippen molar-refractivity contribution in [3.63, 3.8) is 0 Å². The molecule has 5 aromatic rings. The number of anilines is 1. The average Bonchev–Trinajstić information content (AvgIpc) is 3.86. The summed E-state index contributed by atoms with van der Waals surface area (Å²) >= 11 is 13.5. The lowest BCUT2D eigenvalue weighted by atomic mass is 9.86. The second-order valence-electron chi connectivity index (χ2n) is 15.8. The SMILES string of the molecule is CC(C)C(C(=O)N1CCC2(CC1)Oc1ccc(C#CC(=O)NCCOCCN(N)/C=C(\N)CSc3nc(NCCN)c4nnn(Cc5ccc(Cl)cc5)c4n3)cc1O2)c1ccc(Cl)cc1. The minimum atomic E-state index is -0.859. The van der Waals surface area contributed by atoms with Gasteiger partial charge in [-0.3, -0.25) is 9.59 Å². The van der Waals surface area contributed by atoms with Crippen LogP contribution in [0.25, 0.3) is 11.2 Å². The molecule has 1 spiro atoms. The molecule has 342 valence electrons. The van der Waals surface area contributed by atoms with Crippen molar-refractivity contribution in [3.05, 3.63) is 105 Å². The Kier molecular flexibility index (Phi) is 15.9. The van der Waals surface area contributed by atoms with E-state index >= 15 is 0 Å². The van der Waals surface area contributed by atoms with Gasteiger partial charge in [0, 0.05) is 84.7 Å². The summed E-state index contributed by atoms with van der Waals surface area (Å²) in [4.78, 5) is 37.4. The zero-order valence-electron chi connectivity index (χ0n) is 36.1. The molecule has 3 aromatic carbocycles. The summed E-state index contributed by atoms with van der Waals surface area (Å²) in [7, 11) is 0. The minimum Gasteiger partial charge on any atom is -0.448 e. The number of nitrogens with one attached hydrogen (secondary N) is 2. The van der Waals surface area contributed by atoms with Crippen LogP contribution in [-0.4, -0.2) is 111 Å². The van der Waals surface area contributed by atoms with Crippen LogP contribution in [0.1, 0.15) is 49.3 Å². The molecule has 8 N–H and O–H groups in total. The lowest BCUT2D eigenvalue weighted by Gasteiger charge is -2.39. The van der Waals surface area contributed by atoms with Crippen molar-refractivity contribution in [3.8, 4) is 23.3 Å². The summed E-state index contributed by atoms with van der Waals surface area (Å²) in [5.74, 6) is 12.4. The van der Waals surface area contributed by atoms with Gasteiger partial charge in [0.05, 0.1) is 32.2 Å². The van der Waals surface area contributed by atoms with E-state index in [-0.39, 0.29) is 30.9 Å². The molecule has 0 aliphatic carbocycles. The zero-order chi connectivity index (χ0) is 45.9. The second-order valence-corrected chi connectivity index (χ2v) is 17.7. The van der Waals surface area contributed by atoms with Crippen LogP contribution in [0.5, 0.6) is 11.5 Å². The van der Waals surface area contributed by atoms with Crippen molar-refractivity contribution in [2.45, 2.75) is 50.1 Å². The fourth-order valence-electron chi connectivity index (χ4n) is 7.35. The summed E-state index contributed by atoms with van der Waals surface area (Å²) in [6.45, 7) is 7.63. The average molecular weight is 944 g/mol. The van der Waals surface area contributed by atoms with Crippen LogP contribution < -0.4 is 37.4 Å². The Morgan fingerprint density at radius 2 is 1.72 bits per heavy atom.